The molecule has 1 saturated carbocycles. The van der Waals surface area contributed by atoms with Crippen LogP contribution in [0.1, 0.15) is 98.6 Å². The van der Waals surface area contributed by atoms with Gasteiger partial charge in [0.2, 0.25) is 6.29 Å². The van der Waals surface area contributed by atoms with E-state index < -0.39 is 29.9 Å². The lowest BCUT2D eigenvalue weighted by atomic mass is 9.72. The highest BCUT2D eigenvalue weighted by Gasteiger charge is 2.43. The molecule has 1 fully saturated rings. The van der Waals surface area contributed by atoms with Gasteiger partial charge in [-0.15, -0.1) is 0 Å². The van der Waals surface area contributed by atoms with Gasteiger partial charge < -0.3 is 45.7 Å². The normalized spacial score (nSPS) is 28.4. The minimum atomic E-state index is -1.21. The van der Waals surface area contributed by atoms with Gasteiger partial charge in [0.15, 0.2) is 29.0 Å². The third kappa shape index (κ3) is 11.3. The predicted octanol–water partition coefficient (Wildman–Crippen LogP) is 6.58. The zero-order chi connectivity index (χ0) is 46.4. The fraction of sp³-hybridized carbons (Fsp3) is 0.538. The van der Waals surface area contributed by atoms with Crippen LogP contribution in [0.5, 0.6) is 28.7 Å². The van der Waals surface area contributed by atoms with Crippen molar-refractivity contribution in [3.05, 3.63) is 75.8 Å². The number of carbonyl (C=O) groups excluding carboxylic acids is 1. The predicted molar refractivity (Wildman–Crippen MR) is 261 cm³/mol. The molecule has 4 heterocycles. The number of guanidine groups is 1. The van der Waals surface area contributed by atoms with Gasteiger partial charge in [-0.3, -0.25) is 10.1 Å². The molecule has 4 aliphatic heterocycles. The van der Waals surface area contributed by atoms with Crippen molar-refractivity contribution in [2.75, 3.05) is 25.3 Å². The van der Waals surface area contributed by atoms with E-state index in [4.69, 9.17) is 24.9 Å². The summed E-state index contributed by atoms with van der Waals surface area (Å²) < 4.78 is 19.2. The molecule has 3 aromatic carbocycles. The number of methoxy groups -OCH3 is 1. The number of ketones is 1. The third-order valence-electron chi connectivity index (χ3n) is 14.0. The van der Waals surface area contributed by atoms with Crippen LogP contribution in [0.4, 0.5) is 0 Å². The number of Topliss-reactive ketones (excluding diaryl/α,β-unsaturated/α-hetero) is 1. The topological polar surface area (TPSA) is 188 Å². The number of hydrogen-bond donors (Lipinski definition) is 7. The van der Waals surface area contributed by atoms with E-state index in [0.29, 0.717) is 72.7 Å². The Balaban J connectivity index is 1.24. The summed E-state index contributed by atoms with van der Waals surface area (Å²) in [6.07, 6.45) is 5.18. The second kappa shape index (κ2) is 21.5. The molecule has 8 atom stereocenters. The van der Waals surface area contributed by atoms with Crippen LogP contribution in [0, 0.1) is 47.4 Å². The Kier molecular flexibility index (Phi) is 15.6. The summed E-state index contributed by atoms with van der Waals surface area (Å²) in [6.45, 7) is 4.45. The summed E-state index contributed by atoms with van der Waals surface area (Å²) in [4.78, 5) is 18.2. The SMILES string of the molecule is COc1c(O)ccc2c1C#CCc1cc(c3c4c1OCNC1(CC#CC5NC(N)=NC(C(C)C)CSSCC5C(C3)C(O)O4)CCCC(Cc3cccc(O)c3)C1)CCC(O)CC(=O)CC2. The van der Waals surface area contributed by atoms with Gasteiger partial charge in [0.1, 0.15) is 18.3 Å². The molecule has 0 saturated heterocycles. The number of hydrogen-bond acceptors (Lipinski definition) is 14. The van der Waals surface area contributed by atoms with Gasteiger partial charge in [0.05, 0.1) is 30.9 Å². The lowest BCUT2D eigenvalue weighted by molar-refractivity contribution is -0.121. The van der Waals surface area contributed by atoms with Crippen molar-refractivity contribution in [3.63, 3.8) is 0 Å². The Morgan fingerprint density at radius 1 is 0.985 bits per heavy atom. The molecule has 8 unspecified atom stereocenters. The summed E-state index contributed by atoms with van der Waals surface area (Å²) in [7, 11) is 5.01. The van der Waals surface area contributed by atoms with E-state index in [1.807, 2.05) is 12.1 Å². The number of benzene rings is 3. The quantitative estimate of drug-likeness (QED) is 0.110. The maximum Gasteiger partial charge on any atom is 0.201 e. The lowest BCUT2D eigenvalue weighted by Gasteiger charge is -2.42. The fourth-order valence-electron chi connectivity index (χ4n) is 10.4. The average molecular weight is 937 g/mol. The molecule has 14 heteroatoms. The molecule has 6 bridgehead atoms. The van der Waals surface area contributed by atoms with E-state index in [1.165, 1.54) is 7.11 Å². The van der Waals surface area contributed by atoms with Crippen molar-refractivity contribution in [2.45, 2.75) is 127 Å². The Labute approximate surface area is 397 Å². The standard InChI is InChI=1S/C52H64N4O8S2/c1-31(2)45-29-66-65-28-43-42-26-41-35-15-18-39(59)25-38(58)17-14-34-16-19-46(60)48(62-3)40(34)12-5-10-36(24-35)47(49(41)64-50(42)61)63-30-54-52(21-7-13-44(43)55-51(53)56-45)20-6-9-33(27-52)22-32-8-4-11-37(57)23-32/h4,8,11,16,19,23-24,31,33,39,42-45,50,54,57,59-61H,6,9-10,14-15,17-18,20-22,25-30H2,1-3H3,(H3,53,55,56). The number of nitrogens with zero attached hydrogens (tertiary/aromatic N) is 1. The summed E-state index contributed by atoms with van der Waals surface area (Å²) in [6, 6.07) is 12.5. The number of aromatic hydroxyl groups is 2. The first-order valence-electron chi connectivity index (χ1n) is 23.5. The Morgan fingerprint density at radius 3 is 2.65 bits per heavy atom. The summed E-state index contributed by atoms with van der Waals surface area (Å²) in [5.41, 5.74) is 11.3. The molecule has 8 N–H and O–H groups in total. The number of ether oxygens (including phenoxy) is 3. The molecule has 352 valence electrons. The highest BCUT2D eigenvalue weighted by Crippen LogP contribution is 2.47. The number of nitrogens with one attached hydrogen (secondary N) is 2. The molecule has 9 rings (SSSR count). The monoisotopic (exact) mass is 936 g/mol. The van der Waals surface area contributed by atoms with Crippen LogP contribution in [-0.2, 0) is 36.9 Å². The highest BCUT2D eigenvalue weighted by molar-refractivity contribution is 8.76. The molecule has 3 aromatic rings. The van der Waals surface area contributed by atoms with Crippen LogP contribution in [0.25, 0.3) is 0 Å². The maximum absolute atomic E-state index is 13.3. The molecule has 1 spiro atoms. The molecule has 0 amide bonds. The third-order valence-corrected chi connectivity index (χ3v) is 16.5. The number of aryl methyl sites for hydroxylation is 2. The zero-order valence-corrected chi connectivity index (χ0v) is 39.9. The molecule has 0 aromatic heterocycles. The largest absolute Gasteiger partial charge is 0.508 e. The van der Waals surface area contributed by atoms with Crippen LogP contribution in [0.2, 0.25) is 0 Å². The zero-order valence-electron chi connectivity index (χ0n) is 38.2. The minimum Gasteiger partial charge on any atom is -0.508 e. The van der Waals surface area contributed by atoms with E-state index in [-0.39, 0.29) is 61.0 Å². The number of nitrogens with two attached hydrogens (primary N) is 1. The van der Waals surface area contributed by atoms with Crippen LogP contribution in [0.15, 0.2) is 47.5 Å². The number of phenols is 2. The fourth-order valence-corrected chi connectivity index (χ4v) is 13.2. The Bertz CT molecular complexity index is 2410. The molecule has 12 nitrogen and oxygen atoms in total. The smallest absolute Gasteiger partial charge is 0.201 e. The van der Waals surface area contributed by atoms with Crippen LogP contribution in [-0.4, -0.2) is 87.5 Å². The van der Waals surface area contributed by atoms with Crippen LogP contribution in [0.3, 0.4) is 0 Å². The summed E-state index contributed by atoms with van der Waals surface area (Å²) in [5, 5.41) is 51.9. The second-order valence-corrected chi connectivity index (χ2v) is 21.6. The van der Waals surface area contributed by atoms with Crippen molar-refractivity contribution < 1.29 is 39.4 Å². The van der Waals surface area contributed by atoms with Crippen molar-refractivity contribution in [1.29, 1.82) is 0 Å². The van der Waals surface area contributed by atoms with Gasteiger partial charge >= 0.3 is 0 Å². The van der Waals surface area contributed by atoms with Gasteiger partial charge in [0, 0.05) is 65.7 Å². The second-order valence-electron chi connectivity index (χ2n) is 19.0. The van der Waals surface area contributed by atoms with Crippen LogP contribution < -0.4 is 30.6 Å². The van der Waals surface area contributed by atoms with Gasteiger partial charge in [-0.25, -0.2) is 4.99 Å². The number of carbonyl (C=O) groups is 1. The van der Waals surface area contributed by atoms with Crippen molar-refractivity contribution >= 4 is 33.3 Å². The van der Waals surface area contributed by atoms with Crippen molar-refractivity contribution in [1.82, 2.24) is 10.6 Å². The molecular weight excluding hydrogens is 873 g/mol. The van der Waals surface area contributed by atoms with Gasteiger partial charge in [-0.05, 0) is 98.1 Å². The van der Waals surface area contributed by atoms with Crippen molar-refractivity contribution in [2.24, 2.45) is 34.4 Å². The molecular formula is C52H64N4O8S2. The molecule has 0 radical (unpaired) electrons. The number of rotatable bonds is 4. The number of fused-ring (bicyclic) bond motifs is 7. The summed E-state index contributed by atoms with van der Waals surface area (Å²) >= 11 is 0. The maximum atomic E-state index is 13.3. The number of aliphatic imine (C=N–C) groups is 1. The number of aliphatic hydroxyl groups excluding tert-OH is 2. The molecule has 2 aliphatic carbocycles. The van der Waals surface area contributed by atoms with Crippen LogP contribution >= 0.6 is 21.6 Å². The Morgan fingerprint density at radius 2 is 1.83 bits per heavy atom. The highest BCUT2D eigenvalue weighted by atomic mass is 33.1. The first-order valence-corrected chi connectivity index (χ1v) is 26.0. The van der Waals surface area contributed by atoms with E-state index in [0.717, 1.165) is 65.7 Å². The number of aliphatic hydroxyl groups is 2. The van der Waals surface area contributed by atoms with Crippen molar-refractivity contribution in [3.8, 4) is 52.4 Å². The first-order chi connectivity index (χ1) is 31.9. The molecule has 66 heavy (non-hydrogen) atoms. The van der Waals surface area contributed by atoms with Gasteiger partial charge in [0.25, 0.3) is 0 Å². The van der Waals surface area contributed by atoms with Gasteiger partial charge in [-0.1, -0.05) is 89.8 Å². The average Bonchev–Trinajstić information content (AvgIpc) is 3.28. The van der Waals surface area contributed by atoms with E-state index in [9.17, 15) is 25.2 Å². The van der Waals surface area contributed by atoms with E-state index >= 15 is 0 Å². The van der Waals surface area contributed by atoms with E-state index in [1.54, 1.807) is 39.8 Å². The van der Waals surface area contributed by atoms with Gasteiger partial charge in [-0.2, -0.15) is 0 Å². The lowest BCUT2D eigenvalue weighted by Crippen LogP contribution is -2.52. The first kappa shape index (κ1) is 47.8. The minimum absolute atomic E-state index is 0.00995. The van der Waals surface area contributed by atoms with E-state index in [2.05, 4.69) is 60.3 Å². The number of phenolic OH excluding ortho intramolecular Hbond substituents is 2. The summed E-state index contributed by atoms with van der Waals surface area (Å²) in [5.74, 6) is 17.0. The molecule has 6 aliphatic rings. The Hall–Kier alpha value is -4.70.